The van der Waals surface area contributed by atoms with Crippen molar-refractivity contribution in [2.45, 2.75) is 52.4 Å². The van der Waals surface area contributed by atoms with Gasteiger partial charge in [-0.1, -0.05) is 125 Å². The second-order valence-electron chi connectivity index (χ2n) is 17.6. The molecule has 4 aliphatic rings. The molecule has 8 aromatic rings. The lowest BCUT2D eigenvalue weighted by molar-refractivity contribution is 0.487. The van der Waals surface area contributed by atoms with Crippen LogP contribution >= 0.6 is 0 Å². The first-order valence-corrected chi connectivity index (χ1v) is 18.8. The molecule has 0 amide bonds. The van der Waals surface area contributed by atoms with Crippen molar-refractivity contribution in [2.75, 3.05) is 0 Å². The van der Waals surface area contributed by atoms with Crippen molar-refractivity contribution in [3.63, 3.8) is 0 Å². The van der Waals surface area contributed by atoms with Gasteiger partial charge in [0, 0.05) is 0 Å². The van der Waals surface area contributed by atoms with E-state index in [4.69, 9.17) is 9.47 Å². The molecule has 0 aromatic heterocycles. The van der Waals surface area contributed by atoms with Gasteiger partial charge in [0.25, 0.3) is 13.4 Å². The second-order valence-corrected chi connectivity index (χ2v) is 17.6. The first-order valence-electron chi connectivity index (χ1n) is 18.8. The number of hydrogen-bond donors (Lipinski definition) is 0. The molecule has 0 spiro atoms. The van der Waals surface area contributed by atoms with Crippen molar-refractivity contribution >= 4 is 78.5 Å². The van der Waals surface area contributed by atoms with Crippen LogP contribution in [0.2, 0.25) is 0 Å². The van der Waals surface area contributed by atoms with E-state index in [-0.39, 0.29) is 24.3 Å². The third kappa shape index (κ3) is 3.44. The summed E-state index contributed by atoms with van der Waals surface area (Å²) in [5, 5.41) is 8.39. The van der Waals surface area contributed by atoms with Gasteiger partial charge < -0.3 is 9.47 Å². The quantitative estimate of drug-likeness (QED) is 0.120. The van der Waals surface area contributed by atoms with Gasteiger partial charge >= 0.3 is 0 Å². The molecule has 12 rings (SSSR count). The van der Waals surface area contributed by atoms with Crippen molar-refractivity contribution in [1.29, 1.82) is 0 Å². The highest BCUT2D eigenvalue weighted by atomic mass is 16.5. The van der Waals surface area contributed by atoms with E-state index in [0.29, 0.717) is 0 Å². The fourth-order valence-electron chi connectivity index (χ4n) is 10.5. The number of benzene rings is 8. The van der Waals surface area contributed by atoms with Crippen molar-refractivity contribution in [3.8, 4) is 45.3 Å². The predicted molar refractivity (Wildman–Crippen MR) is 221 cm³/mol. The molecule has 0 saturated carbocycles. The first-order chi connectivity index (χ1) is 25.1. The Kier molecular flexibility index (Phi) is 5.21. The monoisotopic (exact) mass is 666 g/mol. The zero-order valence-electron chi connectivity index (χ0n) is 30.4. The molecule has 0 N–H and O–H groups in total. The van der Waals surface area contributed by atoms with Crippen LogP contribution in [0.25, 0.3) is 54.6 Å². The number of fused-ring (bicyclic) bond motifs is 8. The van der Waals surface area contributed by atoms with Crippen molar-refractivity contribution in [2.24, 2.45) is 0 Å². The van der Waals surface area contributed by atoms with Gasteiger partial charge in [-0.25, -0.2) is 0 Å². The summed E-state index contributed by atoms with van der Waals surface area (Å²) < 4.78 is 13.4. The summed E-state index contributed by atoms with van der Waals surface area (Å²) in [5.74, 6) is 3.87. The van der Waals surface area contributed by atoms with Gasteiger partial charge in [0.2, 0.25) is 0 Å². The third-order valence-corrected chi connectivity index (χ3v) is 12.6. The Morgan fingerprint density at radius 1 is 0.385 bits per heavy atom. The van der Waals surface area contributed by atoms with E-state index in [9.17, 15) is 0 Å². The highest BCUT2D eigenvalue weighted by molar-refractivity contribution is 7.01. The molecule has 0 fully saturated rings. The third-order valence-electron chi connectivity index (χ3n) is 12.6. The zero-order valence-corrected chi connectivity index (χ0v) is 30.4. The molecule has 0 unspecified atom stereocenters. The minimum absolute atomic E-state index is 0.0845. The molecule has 0 bridgehead atoms. The fraction of sp³-hybridized carbons (Fsp3) is 0.167. The standard InChI is InChI=1S/C48H36B2O2/c1-47(2,3)31-21-27-25-13-11-19-39-45(25)50(34-16-8-10-18-38(34)51-39)36-24-30-32(48(4,5)6)22-28-26-14-12-20-40-46(26)49(33-15-7-9-17-37(33)52-40)35-23-29(31)43(41(27)36)44(30)42(28)35/h7-24H,1-6H3. The summed E-state index contributed by atoms with van der Waals surface area (Å²) >= 11 is 0. The Morgan fingerprint density at radius 2 is 0.788 bits per heavy atom. The maximum atomic E-state index is 6.69. The highest BCUT2D eigenvalue weighted by Gasteiger charge is 2.44. The van der Waals surface area contributed by atoms with Gasteiger partial charge in [0.05, 0.1) is 0 Å². The van der Waals surface area contributed by atoms with Crippen LogP contribution in [0.15, 0.2) is 109 Å². The Balaban J connectivity index is 1.36. The maximum Gasteiger partial charge on any atom is 0.252 e. The smallest absolute Gasteiger partial charge is 0.252 e. The van der Waals surface area contributed by atoms with Gasteiger partial charge in [0.15, 0.2) is 0 Å². The van der Waals surface area contributed by atoms with E-state index in [0.717, 1.165) is 23.0 Å². The fourth-order valence-corrected chi connectivity index (χ4v) is 10.5. The van der Waals surface area contributed by atoms with Gasteiger partial charge in [0.1, 0.15) is 23.0 Å². The minimum atomic E-state index is -0.0957. The van der Waals surface area contributed by atoms with Crippen molar-refractivity contribution in [1.82, 2.24) is 0 Å². The summed E-state index contributed by atoms with van der Waals surface area (Å²) in [4.78, 5) is 0. The number of hydrogen-bond acceptors (Lipinski definition) is 2. The lowest BCUT2D eigenvalue weighted by Gasteiger charge is -2.38. The molecule has 2 nitrogen and oxygen atoms in total. The Labute approximate surface area is 304 Å². The van der Waals surface area contributed by atoms with Crippen LogP contribution in [-0.2, 0) is 10.8 Å². The van der Waals surface area contributed by atoms with E-state index >= 15 is 0 Å². The van der Waals surface area contributed by atoms with Crippen LogP contribution in [0.4, 0.5) is 0 Å². The predicted octanol–water partition coefficient (Wildman–Crippen LogP) is 8.38. The Bertz CT molecular complexity index is 2740. The number of rotatable bonds is 0. The normalized spacial score (nSPS) is 14.6. The SMILES string of the molecule is CC(C)(C)c1cc2c3c(cc4c(C(C)(C)C)cc5c6c(cc1c3c46)B1c3ccccc3Oc3cccc-5c31)B1c3ccccc3Oc3cccc-2c31. The summed E-state index contributed by atoms with van der Waals surface area (Å²) in [6, 6.07) is 41.0. The zero-order chi connectivity index (χ0) is 35.0. The average Bonchev–Trinajstić information content (AvgIpc) is 3.13. The molecule has 4 heteroatoms. The largest absolute Gasteiger partial charge is 0.458 e. The van der Waals surface area contributed by atoms with Crippen LogP contribution in [0, 0.1) is 0 Å². The molecule has 0 atom stereocenters. The number of para-hydroxylation sites is 2. The molecule has 4 aliphatic heterocycles. The van der Waals surface area contributed by atoms with Crippen LogP contribution in [0.1, 0.15) is 52.7 Å². The molecular weight excluding hydrogens is 630 g/mol. The summed E-state index contributed by atoms with van der Waals surface area (Å²) in [7, 11) is 0. The Hall–Kier alpha value is -5.47. The lowest BCUT2D eigenvalue weighted by Crippen LogP contribution is -2.58. The molecule has 4 heterocycles. The molecular formula is C48H36B2O2. The van der Waals surface area contributed by atoms with E-state index in [1.807, 2.05) is 0 Å². The van der Waals surface area contributed by atoms with E-state index in [2.05, 4.69) is 151 Å². The second kappa shape index (κ2) is 9.30. The minimum Gasteiger partial charge on any atom is -0.458 e. The number of ether oxygens (including phenoxy) is 2. The van der Waals surface area contributed by atoms with E-state index < -0.39 is 0 Å². The van der Waals surface area contributed by atoms with E-state index in [1.165, 1.54) is 98.5 Å². The topological polar surface area (TPSA) is 18.5 Å². The molecule has 0 saturated heterocycles. The van der Waals surface area contributed by atoms with Gasteiger partial charge in [-0.05, 0) is 135 Å². The summed E-state index contributed by atoms with van der Waals surface area (Å²) in [5.41, 5.74) is 15.7. The molecule has 52 heavy (non-hydrogen) atoms. The van der Waals surface area contributed by atoms with Crippen molar-refractivity contribution in [3.05, 3.63) is 120 Å². The summed E-state index contributed by atoms with van der Waals surface area (Å²) in [6.07, 6.45) is 0. The van der Waals surface area contributed by atoms with Crippen LogP contribution in [-0.4, -0.2) is 13.4 Å². The molecule has 8 aromatic carbocycles. The van der Waals surface area contributed by atoms with Gasteiger partial charge in [-0.2, -0.15) is 0 Å². The van der Waals surface area contributed by atoms with Crippen LogP contribution < -0.4 is 42.3 Å². The van der Waals surface area contributed by atoms with Crippen molar-refractivity contribution < 1.29 is 9.47 Å². The maximum absolute atomic E-state index is 6.69. The van der Waals surface area contributed by atoms with E-state index in [1.54, 1.807) is 0 Å². The van der Waals surface area contributed by atoms with Gasteiger partial charge in [-0.15, -0.1) is 0 Å². The van der Waals surface area contributed by atoms with Crippen LogP contribution in [0.5, 0.6) is 23.0 Å². The molecule has 0 aliphatic carbocycles. The molecule has 0 radical (unpaired) electrons. The van der Waals surface area contributed by atoms with Gasteiger partial charge in [-0.3, -0.25) is 0 Å². The lowest BCUT2D eigenvalue weighted by atomic mass is 9.31. The average molecular weight is 666 g/mol. The summed E-state index contributed by atoms with van der Waals surface area (Å²) in [6.45, 7) is 14.5. The highest BCUT2D eigenvalue weighted by Crippen LogP contribution is 2.50. The van der Waals surface area contributed by atoms with Crippen LogP contribution in [0.3, 0.4) is 0 Å². The Morgan fingerprint density at radius 3 is 1.21 bits per heavy atom. The molecule has 246 valence electrons. The first kappa shape index (κ1) is 29.1.